The molecule has 0 radical (unpaired) electrons. The van der Waals surface area contributed by atoms with Gasteiger partial charge in [-0.1, -0.05) is 17.3 Å². The van der Waals surface area contributed by atoms with Crippen LogP contribution in [0.1, 0.15) is 38.9 Å². The number of hydrogen-bond donors (Lipinski definition) is 1. The minimum atomic E-state index is -0.387. The molecule has 0 saturated heterocycles. The van der Waals surface area contributed by atoms with Crippen molar-refractivity contribution in [2.45, 2.75) is 26.8 Å². The molecule has 4 aromatic rings. The van der Waals surface area contributed by atoms with E-state index >= 15 is 0 Å². The highest BCUT2D eigenvalue weighted by Crippen LogP contribution is 2.19. The highest BCUT2D eigenvalue weighted by molar-refractivity contribution is 6.01. The normalized spacial score (nSPS) is 11.0. The van der Waals surface area contributed by atoms with E-state index in [1.54, 1.807) is 41.2 Å². The number of nitrogens with zero attached hydrogens (tertiary/aromatic N) is 3. The molecule has 0 atom stereocenters. The molecule has 0 aliphatic heterocycles. The van der Waals surface area contributed by atoms with Crippen molar-refractivity contribution in [2.24, 2.45) is 0 Å². The molecule has 1 N–H and O–H groups in total. The highest BCUT2D eigenvalue weighted by Gasteiger charge is 2.16. The largest absolute Gasteiger partial charge is 0.456 e. The van der Waals surface area contributed by atoms with Crippen LogP contribution >= 0.6 is 0 Å². The first-order valence-electron chi connectivity index (χ1n) is 9.07. The van der Waals surface area contributed by atoms with Crippen molar-refractivity contribution in [3.05, 3.63) is 88.6 Å². The molecular formula is C21H19FN4O3. The summed E-state index contributed by atoms with van der Waals surface area (Å²) in [6.07, 6.45) is 2.24. The van der Waals surface area contributed by atoms with E-state index in [2.05, 4.69) is 15.6 Å². The predicted molar refractivity (Wildman–Crippen MR) is 103 cm³/mol. The number of hydrogen-bond acceptors (Lipinski definition) is 5. The summed E-state index contributed by atoms with van der Waals surface area (Å²) in [4.78, 5) is 12.4. The van der Waals surface area contributed by atoms with Crippen LogP contribution in [0.15, 0.2) is 57.6 Å². The van der Waals surface area contributed by atoms with Crippen molar-refractivity contribution in [1.29, 1.82) is 0 Å². The molecule has 0 saturated carbocycles. The molecule has 29 heavy (non-hydrogen) atoms. The number of amides is 1. The summed E-state index contributed by atoms with van der Waals surface area (Å²) in [5.74, 6) is 1.31. The number of carbonyl (C=O) groups excluding carboxylic acids is 1. The summed E-state index contributed by atoms with van der Waals surface area (Å²) in [6.45, 7) is 4.18. The molecular weight excluding hydrogens is 375 g/mol. The van der Waals surface area contributed by atoms with Crippen LogP contribution in [0.4, 0.5) is 10.2 Å². The number of furan rings is 1. The predicted octanol–water partition coefficient (Wildman–Crippen LogP) is 4.11. The fourth-order valence-electron chi connectivity index (χ4n) is 2.99. The topological polar surface area (TPSA) is 86.1 Å². The van der Waals surface area contributed by atoms with Gasteiger partial charge in [-0.05, 0) is 43.7 Å². The van der Waals surface area contributed by atoms with E-state index in [4.69, 9.17) is 8.94 Å². The quantitative estimate of drug-likeness (QED) is 0.532. The fourth-order valence-corrected chi connectivity index (χ4v) is 2.99. The van der Waals surface area contributed by atoms with E-state index in [1.165, 1.54) is 12.1 Å². The van der Waals surface area contributed by atoms with E-state index in [9.17, 15) is 9.18 Å². The first kappa shape index (κ1) is 18.7. The van der Waals surface area contributed by atoms with Gasteiger partial charge in [-0.15, -0.1) is 0 Å². The van der Waals surface area contributed by atoms with Crippen molar-refractivity contribution < 1.29 is 18.1 Å². The SMILES string of the molecule is Cc1noc(C)c1Cc1ccc(C(=O)Nc2ccn(Cc3ccc(F)cc3)n2)o1. The van der Waals surface area contributed by atoms with Crippen LogP contribution in [-0.4, -0.2) is 20.8 Å². The number of carbonyl (C=O) groups is 1. The Balaban J connectivity index is 1.39. The lowest BCUT2D eigenvalue weighted by atomic mass is 10.1. The number of anilines is 1. The van der Waals surface area contributed by atoms with Gasteiger partial charge in [0.25, 0.3) is 5.91 Å². The zero-order valence-electron chi connectivity index (χ0n) is 16.0. The minimum absolute atomic E-state index is 0.194. The van der Waals surface area contributed by atoms with Crippen LogP contribution in [-0.2, 0) is 13.0 Å². The Morgan fingerprint density at radius 1 is 1.14 bits per heavy atom. The molecule has 8 heteroatoms. The van der Waals surface area contributed by atoms with Crippen molar-refractivity contribution in [3.63, 3.8) is 0 Å². The lowest BCUT2D eigenvalue weighted by Crippen LogP contribution is -2.12. The van der Waals surface area contributed by atoms with Gasteiger partial charge in [0.1, 0.15) is 17.3 Å². The number of halogens is 1. The molecule has 1 aromatic carbocycles. The third kappa shape index (κ3) is 4.26. The summed E-state index contributed by atoms with van der Waals surface area (Å²) in [5, 5.41) is 10.9. The van der Waals surface area contributed by atoms with Gasteiger partial charge in [0.2, 0.25) is 0 Å². The average molecular weight is 394 g/mol. The number of nitrogens with one attached hydrogen (secondary N) is 1. The lowest BCUT2D eigenvalue weighted by Gasteiger charge is -2.02. The lowest BCUT2D eigenvalue weighted by molar-refractivity contribution is 0.0994. The van der Waals surface area contributed by atoms with Crippen molar-refractivity contribution in [3.8, 4) is 0 Å². The zero-order chi connectivity index (χ0) is 20.4. The summed E-state index contributed by atoms with van der Waals surface area (Å²) in [5.41, 5.74) is 2.66. The highest BCUT2D eigenvalue weighted by atomic mass is 19.1. The Morgan fingerprint density at radius 3 is 2.66 bits per heavy atom. The molecule has 4 rings (SSSR count). The van der Waals surface area contributed by atoms with Crippen molar-refractivity contribution in [2.75, 3.05) is 5.32 Å². The third-order valence-corrected chi connectivity index (χ3v) is 4.56. The second-order valence-corrected chi connectivity index (χ2v) is 6.72. The van der Waals surface area contributed by atoms with E-state index in [0.29, 0.717) is 24.5 Å². The molecule has 3 heterocycles. The molecule has 1 amide bonds. The molecule has 148 valence electrons. The van der Waals surface area contributed by atoms with Gasteiger partial charge in [0.05, 0.1) is 12.2 Å². The van der Waals surface area contributed by atoms with Gasteiger partial charge >= 0.3 is 0 Å². The van der Waals surface area contributed by atoms with Crippen molar-refractivity contribution in [1.82, 2.24) is 14.9 Å². The standard InChI is InChI=1S/C21H19FN4O3/c1-13-18(14(2)29-25-13)11-17-7-8-19(28-17)21(27)23-20-9-10-26(24-20)12-15-3-5-16(22)6-4-15/h3-10H,11-12H2,1-2H3,(H,23,24,27). The van der Waals surface area contributed by atoms with Crippen LogP contribution in [0.25, 0.3) is 0 Å². The minimum Gasteiger partial charge on any atom is -0.456 e. The Kier molecular flexibility index (Phi) is 4.99. The average Bonchev–Trinajstić information content (AvgIpc) is 3.41. The van der Waals surface area contributed by atoms with Gasteiger partial charge in [0, 0.05) is 24.2 Å². The van der Waals surface area contributed by atoms with Crippen LogP contribution in [0.3, 0.4) is 0 Å². The Hall–Kier alpha value is -3.68. The Labute approximate surface area is 166 Å². The first-order valence-corrected chi connectivity index (χ1v) is 9.07. The van der Waals surface area contributed by atoms with Crippen LogP contribution < -0.4 is 5.32 Å². The Morgan fingerprint density at radius 2 is 1.93 bits per heavy atom. The van der Waals surface area contributed by atoms with Gasteiger partial charge in [-0.2, -0.15) is 5.10 Å². The fraction of sp³-hybridized carbons (Fsp3) is 0.190. The maximum atomic E-state index is 13.0. The number of aromatic nitrogens is 3. The summed E-state index contributed by atoms with van der Waals surface area (Å²) < 4.78 is 25.5. The molecule has 0 unspecified atom stereocenters. The number of aryl methyl sites for hydroxylation is 2. The monoisotopic (exact) mass is 394 g/mol. The van der Waals surface area contributed by atoms with E-state index in [1.807, 2.05) is 13.8 Å². The maximum Gasteiger partial charge on any atom is 0.292 e. The maximum absolute atomic E-state index is 13.0. The molecule has 0 aliphatic rings. The zero-order valence-corrected chi connectivity index (χ0v) is 16.0. The second kappa shape index (κ2) is 7.75. The smallest absolute Gasteiger partial charge is 0.292 e. The molecule has 3 aromatic heterocycles. The molecule has 0 aliphatic carbocycles. The van der Waals surface area contributed by atoms with E-state index in [0.717, 1.165) is 22.6 Å². The third-order valence-electron chi connectivity index (χ3n) is 4.56. The van der Waals surface area contributed by atoms with Crippen LogP contribution in [0.2, 0.25) is 0 Å². The second-order valence-electron chi connectivity index (χ2n) is 6.72. The van der Waals surface area contributed by atoms with Crippen LogP contribution in [0, 0.1) is 19.7 Å². The van der Waals surface area contributed by atoms with Crippen molar-refractivity contribution >= 4 is 11.7 Å². The number of benzene rings is 1. The van der Waals surface area contributed by atoms with Crippen LogP contribution in [0.5, 0.6) is 0 Å². The molecule has 0 fully saturated rings. The summed E-state index contributed by atoms with van der Waals surface area (Å²) >= 11 is 0. The number of rotatable bonds is 6. The molecule has 0 spiro atoms. The molecule has 7 nitrogen and oxygen atoms in total. The summed E-state index contributed by atoms with van der Waals surface area (Å²) in [6, 6.07) is 11.3. The Bertz CT molecular complexity index is 1120. The van der Waals surface area contributed by atoms with Gasteiger partial charge in [-0.25, -0.2) is 4.39 Å². The van der Waals surface area contributed by atoms with E-state index in [-0.39, 0.29) is 17.5 Å². The van der Waals surface area contributed by atoms with E-state index < -0.39 is 0 Å². The molecule has 0 bridgehead atoms. The first-order chi connectivity index (χ1) is 14.0. The van der Waals surface area contributed by atoms with Gasteiger partial charge < -0.3 is 14.3 Å². The summed E-state index contributed by atoms with van der Waals surface area (Å²) in [7, 11) is 0. The van der Waals surface area contributed by atoms with Gasteiger partial charge in [0.15, 0.2) is 11.6 Å². The van der Waals surface area contributed by atoms with Gasteiger partial charge in [-0.3, -0.25) is 9.48 Å².